The molecule has 0 aliphatic rings. The van der Waals surface area contributed by atoms with E-state index in [0.717, 1.165) is 16.5 Å². The van der Waals surface area contributed by atoms with E-state index in [4.69, 9.17) is 10.8 Å². The molecule has 1 heterocycles. The van der Waals surface area contributed by atoms with Crippen LogP contribution in [0.4, 0.5) is 0 Å². The molecule has 0 bridgehead atoms. The van der Waals surface area contributed by atoms with Crippen LogP contribution < -0.4 is 5.73 Å². The van der Waals surface area contributed by atoms with Gasteiger partial charge >= 0.3 is 5.97 Å². The molecule has 19 heavy (non-hydrogen) atoms. The lowest BCUT2D eigenvalue weighted by Gasteiger charge is -2.25. The fraction of sp³-hybridized carbons (Fsp3) is 0.357. The monoisotopic (exact) mass is 261 g/mol. The number of H-pyrrole nitrogens is 1. The number of carbonyl (C=O) groups is 1. The summed E-state index contributed by atoms with van der Waals surface area (Å²) in [5.74, 6) is -0.966. The number of hydrogen-bond acceptors (Lipinski definition) is 3. The number of nitrogens with two attached hydrogens (primary N) is 1. The molecule has 2 atom stereocenters. The van der Waals surface area contributed by atoms with Crippen LogP contribution in [0.1, 0.15) is 18.0 Å². The highest BCUT2D eigenvalue weighted by Gasteiger charge is 2.23. The number of nitrogens with one attached hydrogen (secondary N) is 1. The summed E-state index contributed by atoms with van der Waals surface area (Å²) in [6.45, 7) is 0. The maximum atomic E-state index is 10.9. The van der Waals surface area contributed by atoms with E-state index in [1.54, 1.807) is 0 Å². The molecule has 2 aromatic rings. The predicted octanol–water partition coefficient (Wildman–Crippen LogP) is 1.57. The summed E-state index contributed by atoms with van der Waals surface area (Å²) in [7, 11) is 3.86. The minimum absolute atomic E-state index is 0.0257. The molecule has 0 amide bonds. The summed E-state index contributed by atoms with van der Waals surface area (Å²) < 4.78 is 0. The average Bonchev–Trinajstić information content (AvgIpc) is 2.78. The van der Waals surface area contributed by atoms with Crippen molar-refractivity contribution >= 4 is 16.9 Å². The first-order chi connectivity index (χ1) is 9.00. The lowest BCUT2D eigenvalue weighted by Crippen LogP contribution is -2.35. The van der Waals surface area contributed by atoms with Gasteiger partial charge in [0, 0.05) is 23.1 Å². The molecule has 1 aromatic heterocycles. The number of benzene rings is 1. The van der Waals surface area contributed by atoms with Gasteiger partial charge in [0.25, 0.3) is 0 Å². The normalized spacial score (nSPS) is 14.7. The van der Waals surface area contributed by atoms with Crippen molar-refractivity contribution in [1.29, 1.82) is 0 Å². The van der Waals surface area contributed by atoms with Crippen molar-refractivity contribution in [3.8, 4) is 0 Å². The highest BCUT2D eigenvalue weighted by molar-refractivity contribution is 5.83. The molecule has 0 spiro atoms. The Bertz CT molecular complexity index is 577. The Morgan fingerprint density at radius 2 is 2.11 bits per heavy atom. The third kappa shape index (κ3) is 2.77. The minimum atomic E-state index is -0.966. The summed E-state index contributed by atoms with van der Waals surface area (Å²) in [6, 6.07) is 7.09. The highest BCUT2D eigenvalue weighted by Crippen LogP contribution is 2.29. The van der Waals surface area contributed by atoms with Crippen LogP contribution in [-0.2, 0) is 4.79 Å². The Balaban J connectivity index is 2.36. The topological polar surface area (TPSA) is 82.3 Å². The maximum Gasteiger partial charge on any atom is 0.320 e. The lowest BCUT2D eigenvalue weighted by atomic mass is 9.98. The molecule has 5 nitrogen and oxygen atoms in total. The van der Waals surface area contributed by atoms with Crippen molar-refractivity contribution in [3.63, 3.8) is 0 Å². The number of aliphatic carboxylic acids is 1. The Morgan fingerprint density at radius 1 is 1.42 bits per heavy atom. The van der Waals surface area contributed by atoms with Crippen LogP contribution in [0.3, 0.4) is 0 Å². The molecule has 0 fully saturated rings. The van der Waals surface area contributed by atoms with Gasteiger partial charge in [0.1, 0.15) is 6.04 Å². The van der Waals surface area contributed by atoms with Gasteiger partial charge < -0.3 is 20.7 Å². The van der Waals surface area contributed by atoms with Crippen LogP contribution in [0.2, 0.25) is 0 Å². The second-order valence-electron chi connectivity index (χ2n) is 4.95. The summed E-state index contributed by atoms with van der Waals surface area (Å²) in [5.41, 5.74) is 7.80. The lowest BCUT2D eigenvalue weighted by molar-refractivity contribution is -0.139. The molecular formula is C14H19N3O2. The van der Waals surface area contributed by atoms with E-state index in [9.17, 15) is 4.79 Å². The predicted molar refractivity (Wildman–Crippen MR) is 75.0 cm³/mol. The molecular weight excluding hydrogens is 242 g/mol. The Labute approximate surface area is 112 Å². The standard InChI is InChI=1S/C14H19N3O2/c1-17(2)13(7-11(15)14(18)19)10-8-16-12-6-4-3-5-9(10)12/h3-6,8,11,13,16H,7,15H2,1-2H3,(H,18,19). The van der Waals surface area contributed by atoms with Crippen molar-refractivity contribution in [3.05, 3.63) is 36.0 Å². The van der Waals surface area contributed by atoms with Crippen LogP contribution in [0.25, 0.3) is 10.9 Å². The van der Waals surface area contributed by atoms with Crippen LogP contribution in [0, 0.1) is 0 Å². The molecule has 102 valence electrons. The van der Waals surface area contributed by atoms with Gasteiger partial charge in [0.2, 0.25) is 0 Å². The Morgan fingerprint density at radius 3 is 2.74 bits per heavy atom. The second kappa shape index (κ2) is 5.42. The summed E-state index contributed by atoms with van der Waals surface area (Å²) in [6.07, 6.45) is 2.31. The number of hydrogen-bond donors (Lipinski definition) is 3. The van der Waals surface area contributed by atoms with E-state index in [-0.39, 0.29) is 6.04 Å². The third-order valence-electron chi connectivity index (χ3n) is 3.40. The molecule has 2 rings (SSSR count). The molecule has 0 saturated heterocycles. The second-order valence-corrected chi connectivity index (χ2v) is 4.95. The van der Waals surface area contributed by atoms with Crippen LogP contribution in [0.15, 0.2) is 30.5 Å². The van der Waals surface area contributed by atoms with Crippen LogP contribution in [0.5, 0.6) is 0 Å². The van der Waals surface area contributed by atoms with E-state index >= 15 is 0 Å². The van der Waals surface area contributed by atoms with Gasteiger partial charge in [-0.15, -0.1) is 0 Å². The van der Waals surface area contributed by atoms with Gasteiger partial charge in [-0.05, 0) is 32.1 Å². The van der Waals surface area contributed by atoms with Gasteiger partial charge in [0.05, 0.1) is 0 Å². The summed E-state index contributed by atoms with van der Waals surface area (Å²) in [4.78, 5) is 16.1. The third-order valence-corrected chi connectivity index (χ3v) is 3.40. The Hall–Kier alpha value is -1.85. The maximum absolute atomic E-state index is 10.9. The van der Waals surface area contributed by atoms with Gasteiger partial charge in [-0.25, -0.2) is 0 Å². The average molecular weight is 261 g/mol. The zero-order chi connectivity index (χ0) is 14.0. The molecule has 4 N–H and O–H groups in total. The fourth-order valence-electron chi connectivity index (χ4n) is 2.33. The first-order valence-electron chi connectivity index (χ1n) is 6.21. The number of carboxylic acid groups (broad SMARTS) is 1. The zero-order valence-electron chi connectivity index (χ0n) is 11.1. The van der Waals surface area contributed by atoms with Crippen LogP contribution in [-0.4, -0.2) is 41.1 Å². The summed E-state index contributed by atoms with van der Waals surface area (Å²) >= 11 is 0. The van der Waals surface area contributed by atoms with E-state index in [1.165, 1.54) is 0 Å². The van der Waals surface area contributed by atoms with Crippen molar-refractivity contribution in [2.24, 2.45) is 5.73 Å². The van der Waals surface area contributed by atoms with Gasteiger partial charge in [-0.1, -0.05) is 18.2 Å². The van der Waals surface area contributed by atoms with Crippen molar-refractivity contribution in [2.75, 3.05) is 14.1 Å². The quantitative estimate of drug-likeness (QED) is 0.763. The number of rotatable bonds is 5. The van der Waals surface area contributed by atoms with Crippen molar-refractivity contribution in [2.45, 2.75) is 18.5 Å². The zero-order valence-corrected chi connectivity index (χ0v) is 11.1. The van der Waals surface area contributed by atoms with Gasteiger partial charge in [0.15, 0.2) is 0 Å². The van der Waals surface area contributed by atoms with Gasteiger partial charge in [-0.2, -0.15) is 0 Å². The molecule has 5 heteroatoms. The van der Waals surface area contributed by atoms with Gasteiger partial charge in [-0.3, -0.25) is 4.79 Å². The summed E-state index contributed by atoms with van der Waals surface area (Å²) in [5, 5.41) is 10.1. The number of carboxylic acids is 1. The molecule has 0 saturated carbocycles. The number of fused-ring (bicyclic) bond motifs is 1. The molecule has 0 radical (unpaired) electrons. The first kappa shape index (κ1) is 13.6. The molecule has 1 aromatic carbocycles. The number of para-hydroxylation sites is 1. The van der Waals surface area contributed by atoms with E-state index in [2.05, 4.69) is 4.98 Å². The largest absolute Gasteiger partial charge is 0.480 e. The SMILES string of the molecule is CN(C)C(CC(N)C(=O)O)c1c[nH]c2ccccc12. The van der Waals surface area contributed by atoms with E-state index < -0.39 is 12.0 Å². The molecule has 0 aliphatic carbocycles. The van der Waals surface area contributed by atoms with E-state index in [1.807, 2.05) is 49.5 Å². The van der Waals surface area contributed by atoms with Crippen molar-refractivity contribution < 1.29 is 9.90 Å². The van der Waals surface area contributed by atoms with E-state index in [0.29, 0.717) is 6.42 Å². The molecule has 2 unspecified atom stereocenters. The molecule has 0 aliphatic heterocycles. The van der Waals surface area contributed by atoms with Crippen molar-refractivity contribution in [1.82, 2.24) is 9.88 Å². The first-order valence-corrected chi connectivity index (χ1v) is 6.21. The smallest absolute Gasteiger partial charge is 0.320 e. The highest BCUT2D eigenvalue weighted by atomic mass is 16.4. The number of nitrogens with zero attached hydrogens (tertiary/aromatic N) is 1. The number of aromatic nitrogens is 1. The number of aromatic amines is 1. The fourth-order valence-corrected chi connectivity index (χ4v) is 2.33. The Kier molecular flexibility index (Phi) is 3.87. The van der Waals surface area contributed by atoms with Crippen LogP contribution >= 0.6 is 0 Å². The minimum Gasteiger partial charge on any atom is -0.480 e.